The highest BCUT2D eigenvalue weighted by molar-refractivity contribution is 7.99. The van der Waals surface area contributed by atoms with Crippen molar-refractivity contribution in [1.82, 2.24) is 4.98 Å². The van der Waals surface area contributed by atoms with Gasteiger partial charge < -0.3 is 15.8 Å². The minimum atomic E-state index is -0.550. The normalized spacial score (nSPS) is 10.3. The summed E-state index contributed by atoms with van der Waals surface area (Å²) in [5, 5.41) is 10.6. The summed E-state index contributed by atoms with van der Waals surface area (Å²) in [6.45, 7) is 2.14. The second kappa shape index (κ2) is 6.32. The Labute approximate surface area is 98.6 Å². The summed E-state index contributed by atoms with van der Waals surface area (Å²) in [5.41, 5.74) is 5.85. The molecule has 0 atom stereocenters. The highest BCUT2D eigenvalue weighted by atomic mass is 32.2. The molecule has 1 aromatic heterocycles. The molecular formula is C10H15N3O2S. The number of pyridine rings is 1. The topological polar surface area (TPSA) is 82.0 Å². The lowest BCUT2D eigenvalue weighted by Gasteiger charge is -2.04. The van der Waals surface area contributed by atoms with E-state index >= 15 is 0 Å². The molecule has 88 valence electrons. The molecule has 0 saturated carbocycles. The number of nitrogens with two attached hydrogens (primary N) is 1. The lowest BCUT2D eigenvalue weighted by Crippen LogP contribution is -2.00. The lowest BCUT2D eigenvalue weighted by atomic mass is 10.3. The quantitative estimate of drug-likeness (QED) is 0.358. The van der Waals surface area contributed by atoms with E-state index in [0.29, 0.717) is 0 Å². The first-order valence-corrected chi connectivity index (χ1v) is 6.17. The van der Waals surface area contributed by atoms with E-state index in [4.69, 9.17) is 5.73 Å². The molecule has 5 nitrogen and oxygen atoms in total. The minimum absolute atomic E-state index is 0.175. The van der Waals surface area contributed by atoms with Gasteiger partial charge in [0.05, 0.1) is 0 Å². The molecule has 0 amide bonds. The summed E-state index contributed by atoms with van der Waals surface area (Å²) in [4.78, 5) is 14.4. The third-order valence-electron chi connectivity index (χ3n) is 2.11. The number of thioether (sulfide) groups is 1. The summed E-state index contributed by atoms with van der Waals surface area (Å²) >= 11 is 1.55. The number of hydrogen-bond acceptors (Lipinski definition) is 5. The van der Waals surface area contributed by atoms with E-state index in [9.17, 15) is 10.1 Å². The van der Waals surface area contributed by atoms with Crippen LogP contribution in [0.25, 0.3) is 0 Å². The lowest BCUT2D eigenvalue weighted by molar-refractivity contribution is -0.388. The molecular weight excluding hydrogens is 226 g/mol. The van der Waals surface area contributed by atoms with Crippen molar-refractivity contribution in [3.63, 3.8) is 0 Å². The summed E-state index contributed by atoms with van der Waals surface area (Å²) < 4.78 is 0. The highest BCUT2D eigenvalue weighted by Gasteiger charge is 2.15. The maximum atomic E-state index is 10.6. The fourth-order valence-corrected chi connectivity index (χ4v) is 2.22. The van der Waals surface area contributed by atoms with Gasteiger partial charge in [-0.1, -0.05) is 19.8 Å². The van der Waals surface area contributed by atoms with Gasteiger partial charge in [0.25, 0.3) is 0 Å². The zero-order chi connectivity index (χ0) is 12.0. The van der Waals surface area contributed by atoms with Crippen molar-refractivity contribution < 1.29 is 4.92 Å². The van der Waals surface area contributed by atoms with E-state index in [-0.39, 0.29) is 11.5 Å². The first-order chi connectivity index (χ1) is 7.66. The second-order valence-corrected chi connectivity index (χ2v) is 4.50. The number of hydrogen-bond donors (Lipinski definition) is 1. The minimum Gasteiger partial charge on any atom is -0.391 e. The molecule has 0 bridgehead atoms. The van der Waals surface area contributed by atoms with Gasteiger partial charge in [-0.15, -0.1) is 11.8 Å². The van der Waals surface area contributed by atoms with E-state index < -0.39 is 4.92 Å². The van der Waals surface area contributed by atoms with Crippen LogP contribution in [0.5, 0.6) is 0 Å². The molecule has 1 rings (SSSR count). The van der Waals surface area contributed by atoms with Crippen LogP contribution in [-0.2, 0) is 0 Å². The van der Waals surface area contributed by atoms with Gasteiger partial charge >= 0.3 is 5.82 Å². The largest absolute Gasteiger partial charge is 0.391 e. The SMILES string of the molecule is CCCCCSc1ccnc([N+](=O)[O-])c1N. The summed E-state index contributed by atoms with van der Waals surface area (Å²) in [7, 11) is 0. The number of unbranched alkanes of at least 4 members (excludes halogenated alkanes) is 2. The van der Waals surface area contributed by atoms with Crippen LogP contribution in [0.4, 0.5) is 11.5 Å². The van der Waals surface area contributed by atoms with Crippen molar-refractivity contribution in [3.05, 3.63) is 22.4 Å². The highest BCUT2D eigenvalue weighted by Crippen LogP contribution is 2.30. The standard InChI is InChI=1S/C10H15N3O2S/c1-2-3-4-7-16-8-5-6-12-10(9(8)11)13(14)15/h5-6H,2-4,7,11H2,1H3. The number of nitrogens with zero attached hydrogens (tertiary/aromatic N) is 2. The molecule has 0 saturated heterocycles. The van der Waals surface area contributed by atoms with E-state index in [1.807, 2.05) is 0 Å². The second-order valence-electron chi connectivity index (χ2n) is 3.36. The third kappa shape index (κ3) is 3.37. The summed E-state index contributed by atoms with van der Waals surface area (Å²) in [5.74, 6) is 0.680. The van der Waals surface area contributed by atoms with Gasteiger partial charge in [-0.2, -0.15) is 0 Å². The molecule has 1 heterocycles. The third-order valence-corrected chi connectivity index (χ3v) is 3.27. The Hall–Kier alpha value is -1.30. The summed E-state index contributed by atoms with van der Waals surface area (Å²) in [6.07, 6.45) is 4.85. The van der Waals surface area contributed by atoms with E-state index in [2.05, 4.69) is 11.9 Å². The van der Waals surface area contributed by atoms with Crippen molar-refractivity contribution >= 4 is 23.3 Å². The Morgan fingerprint density at radius 1 is 1.56 bits per heavy atom. The monoisotopic (exact) mass is 241 g/mol. The van der Waals surface area contributed by atoms with Crippen LogP contribution in [0, 0.1) is 10.1 Å². The molecule has 0 radical (unpaired) electrons. The van der Waals surface area contributed by atoms with Crippen molar-refractivity contribution in [2.45, 2.75) is 31.1 Å². The maximum absolute atomic E-state index is 10.6. The number of rotatable bonds is 6. The zero-order valence-electron chi connectivity index (χ0n) is 9.18. The molecule has 2 N–H and O–H groups in total. The summed E-state index contributed by atoms with van der Waals surface area (Å²) in [6, 6.07) is 1.72. The molecule has 1 aromatic rings. The molecule has 0 aliphatic carbocycles. The van der Waals surface area contributed by atoms with Gasteiger partial charge in [0.2, 0.25) is 0 Å². The van der Waals surface area contributed by atoms with Gasteiger partial charge in [0, 0.05) is 4.90 Å². The number of aromatic nitrogens is 1. The van der Waals surface area contributed by atoms with E-state index in [1.165, 1.54) is 12.6 Å². The average Bonchev–Trinajstić information content (AvgIpc) is 2.26. The van der Waals surface area contributed by atoms with Crippen molar-refractivity contribution in [2.75, 3.05) is 11.5 Å². The van der Waals surface area contributed by atoms with Crippen molar-refractivity contribution in [2.24, 2.45) is 0 Å². The Kier molecular flexibility index (Phi) is 5.04. The Morgan fingerprint density at radius 2 is 2.31 bits per heavy atom. The molecule has 0 fully saturated rings. The first-order valence-electron chi connectivity index (χ1n) is 5.18. The average molecular weight is 241 g/mol. The molecule has 0 aromatic carbocycles. The van der Waals surface area contributed by atoms with Gasteiger partial charge in [-0.3, -0.25) is 0 Å². The number of nitro groups is 1. The number of nitrogen functional groups attached to an aromatic ring is 1. The smallest absolute Gasteiger partial charge is 0.387 e. The van der Waals surface area contributed by atoms with Crippen LogP contribution < -0.4 is 5.73 Å². The van der Waals surface area contributed by atoms with Crippen LogP contribution in [-0.4, -0.2) is 15.7 Å². The molecule has 0 aliphatic rings. The van der Waals surface area contributed by atoms with Crippen molar-refractivity contribution in [3.8, 4) is 0 Å². The van der Waals surface area contributed by atoms with Gasteiger partial charge in [0.15, 0.2) is 0 Å². The predicted octanol–water partition coefficient (Wildman–Crippen LogP) is 2.85. The molecule has 0 unspecified atom stereocenters. The van der Waals surface area contributed by atoms with Gasteiger partial charge in [0.1, 0.15) is 11.9 Å². The van der Waals surface area contributed by atoms with E-state index in [0.717, 1.165) is 23.5 Å². The predicted molar refractivity (Wildman–Crippen MR) is 65.6 cm³/mol. The van der Waals surface area contributed by atoms with Crippen molar-refractivity contribution in [1.29, 1.82) is 0 Å². The Balaban J connectivity index is 2.66. The molecule has 0 aliphatic heterocycles. The number of anilines is 1. The Morgan fingerprint density at radius 3 is 2.94 bits per heavy atom. The van der Waals surface area contributed by atoms with Crippen LogP contribution in [0.15, 0.2) is 17.2 Å². The molecule has 0 spiro atoms. The first kappa shape index (κ1) is 12.8. The Bertz CT molecular complexity index is 371. The fourth-order valence-electron chi connectivity index (χ4n) is 1.25. The van der Waals surface area contributed by atoms with Crippen LogP contribution in [0.2, 0.25) is 0 Å². The zero-order valence-corrected chi connectivity index (χ0v) is 10.00. The van der Waals surface area contributed by atoms with Crippen LogP contribution in [0.3, 0.4) is 0 Å². The maximum Gasteiger partial charge on any atom is 0.387 e. The molecule has 16 heavy (non-hydrogen) atoms. The van der Waals surface area contributed by atoms with Crippen LogP contribution in [0.1, 0.15) is 26.2 Å². The van der Waals surface area contributed by atoms with Gasteiger partial charge in [-0.05, 0) is 28.1 Å². The van der Waals surface area contributed by atoms with Crippen LogP contribution >= 0.6 is 11.8 Å². The van der Waals surface area contributed by atoms with E-state index in [1.54, 1.807) is 17.8 Å². The fraction of sp³-hybridized carbons (Fsp3) is 0.500. The van der Waals surface area contributed by atoms with Gasteiger partial charge in [-0.25, -0.2) is 0 Å². The molecule has 6 heteroatoms.